The van der Waals surface area contributed by atoms with E-state index in [1.807, 2.05) is 0 Å². The number of rotatable bonds is 0. The van der Waals surface area contributed by atoms with Crippen LogP contribution in [0.3, 0.4) is 0 Å². The fourth-order valence-corrected chi connectivity index (χ4v) is 4.18. The number of piperidine rings is 1. The molecule has 0 aromatic heterocycles. The Morgan fingerprint density at radius 1 is 1.00 bits per heavy atom. The summed E-state index contributed by atoms with van der Waals surface area (Å²) in [5.74, 6) is 1.70. The fourth-order valence-electron chi connectivity index (χ4n) is 4.18. The van der Waals surface area contributed by atoms with Crippen molar-refractivity contribution in [3.8, 4) is 0 Å². The quantitative estimate of drug-likeness (QED) is 0.626. The lowest BCUT2D eigenvalue weighted by Gasteiger charge is -2.39. The first kappa shape index (κ1) is 11.0. The zero-order valence-electron chi connectivity index (χ0n) is 10.5. The topological polar surface area (TPSA) is 12.5 Å². The highest BCUT2D eigenvalue weighted by molar-refractivity contribution is 4.90. The summed E-state index contributed by atoms with van der Waals surface area (Å²) in [6.07, 6.45) is 10.3. The molecule has 0 bridgehead atoms. The van der Waals surface area contributed by atoms with Crippen LogP contribution in [0.1, 0.15) is 51.9 Å². The van der Waals surface area contributed by atoms with Crippen LogP contribution in [0.5, 0.6) is 0 Å². The summed E-state index contributed by atoms with van der Waals surface area (Å²) < 4.78 is 6.17. The van der Waals surface area contributed by atoms with Crippen molar-refractivity contribution in [2.45, 2.75) is 64.0 Å². The smallest absolute Gasteiger partial charge is 0.0996 e. The van der Waals surface area contributed by atoms with Gasteiger partial charge in [0, 0.05) is 12.6 Å². The minimum atomic E-state index is 0.578. The third-order valence-corrected chi connectivity index (χ3v) is 5.15. The maximum atomic E-state index is 6.17. The predicted molar refractivity (Wildman–Crippen MR) is 65.2 cm³/mol. The van der Waals surface area contributed by atoms with E-state index in [0.717, 1.165) is 24.6 Å². The van der Waals surface area contributed by atoms with E-state index in [0.29, 0.717) is 6.10 Å². The molecule has 4 atom stereocenters. The van der Waals surface area contributed by atoms with Crippen LogP contribution < -0.4 is 0 Å². The van der Waals surface area contributed by atoms with Crippen LogP contribution in [-0.4, -0.2) is 30.3 Å². The average Bonchev–Trinajstić information content (AvgIpc) is 2.49. The Bertz CT molecular complexity index is 219. The molecule has 2 saturated heterocycles. The van der Waals surface area contributed by atoms with Crippen molar-refractivity contribution in [2.24, 2.45) is 11.8 Å². The Labute approximate surface area is 99.3 Å². The standard InChI is InChI=1S/C14H25NO/c1-11-12-6-2-3-8-14(12)16-10-15-9-5-4-7-13(11)15/h11-14H,2-10H2,1H3/t11-,12-,13-,14+/m0/s1. The third kappa shape index (κ3) is 1.91. The zero-order valence-corrected chi connectivity index (χ0v) is 10.5. The molecule has 1 aliphatic carbocycles. The maximum Gasteiger partial charge on any atom is 0.0996 e. The highest BCUT2D eigenvalue weighted by Gasteiger charge is 2.40. The molecule has 0 N–H and O–H groups in total. The molecule has 16 heavy (non-hydrogen) atoms. The summed E-state index contributed by atoms with van der Waals surface area (Å²) in [6, 6.07) is 0.821. The third-order valence-electron chi connectivity index (χ3n) is 5.15. The molecule has 0 amide bonds. The maximum absolute atomic E-state index is 6.17. The van der Waals surface area contributed by atoms with Crippen molar-refractivity contribution in [2.75, 3.05) is 13.3 Å². The summed E-state index contributed by atoms with van der Waals surface area (Å²) in [5.41, 5.74) is 0. The highest BCUT2D eigenvalue weighted by Crippen LogP contribution is 2.39. The minimum Gasteiger partial charge on any atom is -0.363 e. The number of ether oxygens (including phenoxy) is 1. The molecular formula is C14H25NO. The Morgan fingerprint density at radius 3 is 2.75 bits per heavy atom. The van der Waals surface area contributed by atoms with Crippen LogP contribution in [0.2, 0.25) is 0 Å². The Morgan fingerprint density at radius 2 is 1.81 bits per heavy atom. The van der Waals surface area contributed by atoms with Crippen LogP contribution in [-0.2, 0) is 4.74 Å². The van der Waals surface area contributed by atoms with E-state index in [1.165, 1.54) is 51.5 Å². The first-order valence-electron chi connectivity index (χ1n) is 7.22. The summed E-state index contributed by atoms with van der Waals surface area (Å²) in [4.78, 5) is 2.62. The normalized spacial score (nSPS) is 45.6. The molecule has 0 aromatic carbocycles. The van der Waals surface area contributed by atoms with E-state index in [2.05, 4.69) is 11.8 Å². The van der Waals surface area contributed by atoms with Gasteiger partial charge in [-0.15, -0.1) is 0 Å². The molecule has 2 nitrogen and oxygen atoms in total. The largest absolute Gasteiger partial charge is 0.363 e. The lowest BCUT2D eigenvalue weighted by molar-refractivity contribution is -0.0466. The first-order chi connectivity index (χ1) is 7.86. The van der Waals surface area contributed by atoms with Gasteiger partial charge < -0.3 is 4.74 Å². The van der Waals surface area contributed by atoms with E-state index in [-0.39, 0.29) is 0 Å². The predicted octanol–water partition coefficient (Wildman–Crippen LogP) is 3.02. The molecular weight excluding hydrogens is 198 g/mol. The second-order valence-electron chi connectivity index (χ2n) is 6.02. The van der Waals surface area contributed by atoms with E-state index in [4.69, 9.17) is 4.74 Å². The molecule has 0 radical (unpaired) electrons. The Balaban J connectivity index is 1.78. The second kappa shape index (κ2) is 4.66. The fraction of sp³-hybridized carbons (Fsp3) is 1.00. The van der Waals surface area contributed by atoms with Gasteiger partial charge in [0.15, 0.2) is 0 Å². The molecule has 3 aliphatic rings. The van der Waals surface area contributed by atoms with Gasteiger partial charge in [-0.2, -0.15) is 0 Å². The van der Waals surface area contributed by atoms with E-state index >= 15 is 0 Å². The Kier molecular flexibility index (Phi) is 3.21. The van der Waals surface area contributed by atoms with Gasteiger partial charge in [-0.05, 0) is 37.5 Å². The van der Waals surface area contributed by atoms with Crippen molar-refractivity contribution in [3.05, 3.63) is 0 Å². The van der Waals surface area contributed by atoms with Gasteiger partial charge in [0.05, 0.1) is 12.8 Å². The van der Waals surface area contributed by atoms with Crippen molar-refractivity contribution in [1.29, 1.82) is 0 Å². The zero-order chi connectivity index (χ0) is 11.0. The molecule has 3 fully saturated rings. The van der Waals surface area contributed by atoms with Crippen LogP contribution >= 0.6 is 0 Å². The molecule has 0 unspecified atom stereocenters. The lowest BCUT2D eigenvalue weighted by Crippen LogP contribution is -2.44. The SMILES string of the molecule is C[C@H]1[C@@H]2CCCC[C@H]2OCN2CCCC[C@@H]12. The average molecular weight is 223 g/mol. The number of hydrogen-bond acceptors (Lipinski definition) is 2. The van der Waals surface area contributed by atoms with Gasteiger partial charge in [-0.3, -0.25) is 4.90 Å². The molecule has 0 aromatic rings. The van der Waals surface area contributed by atoms with Crippen molar-refractivity contribution in [1.82, 2.24) is 4.90 Å². The van der Waals surface area contributed by atoms with Crippen LogP contribution in [0.25, 0.3) is 0 Å². The molecule has 92 valence electrons. The molecule has 2 heteroatoms. The van der Waals surface area contributed by atoms with Gasteiger partial charge >= 0.3 is 0 Å². The van der Waals surface area contributed by atoms with Crippen LogP contribution in [0, 0.1) is 11.8 Å². The van der Waals surface area contributed by atoms with E-state index in [9.17, 15) is 0 Å². The van der Waals surface area contributed by atoms with Gasteiger partial charge in [0.2, 0.25) is 0 Å². The van der Waals surface area contributed by atoms with Crippen molar-refractivity contribution in [3.63, 3.8) is 0 Å². The summed E-state index contributed by atoms with van der Waals surface area (Å²) >= 11 is 0. The number of hydrogen-bond donors (Lipinski definition) is 0. The van der Waals surface area contributed by atoms with E-state index < -0.39 is 0 Å². The lowest BCUT2D eigenvalue weighted by atomic mass is 9.74. The summed E-state index contributed by atoms with van der Waals surface area (Å²) in [7, 11) is 0. The van der Waals surface area contributed by atoms with Crippen molar-refractivity contribution >= 4 is 0 Å². The highest BCUT2D eigenvalue weighted by atomic mass is 16.5. The van der Waals surface area contributed by atoms with E-state index in [1.54, 1.807) is 0 Å². The van der Waals surface area contributed by atoms with Crippen LogP contribution in [0.4, 0.5) is 0 Å². The van der Waals surface area contributed by atoms with Crippen molar-refractivity contribution < 1.29 is 4.74 Å². The van der Waals surface area contributed by atoms with Gasteiger partial charge in [0.25, 0.3) is 0 Å². The molecule has 0 spiro atoms. The van der Waals surface area contributed by atoms with Gasteiger partial charge in [-0.25, -0.2) is 0 Å². The number of nitrogens with zero attached hydrogens (tertiary/aromatic N) is 1. The summed E-state index contributed by atoms with van der Waals surface area (Å²) in [6.45, 7) is 4.67. The second-order valence-corrected chi connectivity index (χ2v) is 6.02. The molecule has 3 rings (SSSR count). The molecule has 2 heterocycles. The summed E-state index contributed by atoms with van der Waals surface area (Å²) in [5, 5.41) is 0. The molecule has 1 saturated carbocycles. The van der Waals surface area contributed by atoms with Gasteiger partial charge in [0.1, 0.15) is 0 Å². The molecule has 2 aliphatic heterocycles. The monoisotopic (exact) mass is 223 g/mol. The first-order valence-corrected chi connectivity index (χ1v) is 7.22. The minimum absolute atomic E-state index is 0.578. The van der Waals surface area contributed by atoms with Crippen LogP contribution in [0.15, 0.2) is 0 Å². The Hall–Kier alpha value is -0.0800. The number of fused-ring (bicyclic) bond motifs is 2. The van der Waals surface area contributed by atoms with Gasteiger partial charge in [-0.1, -0.05) is 26.2 Å².